The summed E-state index contributed by atoms with van der Waals surface area (Å²) in [5, 5.41) is 1.47. The lowest BCUT2D eigenvalue weighted by Gasteiger charge is -2.00. The van der Waals surface area contributed by atoms with Crippen LogP contribution in [-0.2, 0) is 0 Å². The Morgan fingerprint density at radius 2 is 2.00 bits per heavy atom. The van der Waals surface area contributed by atoms with E-state index in [-0.39, 0.29) is 0 Å². The zero-order valence-electron chi connectivity index (χ0n) is 10.2. The Morgan fingerprint density at radius 3 is 2.67 bits per heavy atom. The van der Waals surface area contributed by atoms with Gasteiger partial charge in [0.1, 0.15) is 15.7 Å². The molecule has 0 bridgehead atoms. The van der Waals surface area contributed by atoms with Crippen molar-refractivity contribution in [1.82, 2.24) is 9.97 Å². The third kappa shape index (κ3) is 1.64. The first-order valence-electron chi connectivity index (χ1n) is 5.55. The van der Waals surface area contributed by atoms with Crippen LogP contribution in [0.2, 0.25) is 5.15 Å². The van der Waals surface area contributed by atoms with Crippen LogP contribution in [0.25, 0.3) is 21.6 Å². The minimum absolute atomic E-state index is 0.512. The molecule has 3 aromatic rings. The van der Waals surface area contributed by atoms with Gasteiger partial charge in [0.15, 0.2) is 5.82 Å². The molecular weight excluding hydrogens is 268 g/mol. The maximum atomic E-state index is 6.27. The summed E-state index contributed by atoms with van der Waals surface area (Å²) in [4.78, 5) is 11.1. The Hall–Kier alpha value is -1.39. The predicted molar refractivity (Wildman–Crippen MR) is 74.3 cm³/mol. The number of halogens is 1. The number of hydrogen-bond acceptors (Lipinski definition) is 4. The predicted octanol–water partition coefficient (Wildman–Crippen LogP) is 4.53. The summed E-state index contributed by atoms with van der Waals surface area (Å²) in [6.45, 7) is 6.01. The van der Waals surface area contributed by atoms with Gasteiger partial charge in [0.2, 0.25) is 0 Å². The van der Waals surface area contributed by atoms with E-state index in [1.807, 2.05) is 19.9 Å². The standard InChI is InChI=1S/C13H11ClN2OS/c1-6-8(3)18-13-10(6)11(14)15-12(16-13)9-4-5-17-7(9)2/h4-5H,1-3H3. The van der Waals surface area contributed by atoms with Crippen LogP contribution in [0.5, 0.6) is 0 Å². The average molecular weight is 279 g/mol. The Kier molecular flexibility index (Phi) is 2.64. The number of aromatic nitrogens is 2. The lowest BCUT2D eigenvalue weighted by molar-refractivity contribution is 0.535. The Morgan fingerprint density at radius 1 is 1.22 bits per heavy atom. The van der Waals surface area contributed by atoms with Gasteiger partial charge in [0.25, 0.3) is 0 Å². The third-order valence-corrected chi connectivity index (χ3v) is 4.46. The van der Waals surface area contributed by atoms with Crippen LogP contribution in [0.4, 0.5) is 0 Å². The van der Waals surface area contributed by atoms with Crippen LogP contribution in [-0.4, -0.2) is 9.97 Å². The first-order chi connectivity index (χ1) is 8.58. The van der Waals surface area contributed by atoms with E-state index < -0.39 is 0 Å². The first kappa shape index (κ1) is 11.7. The van der Waals surface area contributed by atoms with Gasteiger partial charge in [-0.2, -0.15) is 0 Å². The molecule has 0 aromatic carbocycles. The van der Waals surface area contributed by atoms with Gasteiger partial charge < -0.3 is 4.42 Å². The SMILES string of the molecule is Cc1occc1-c1nc(Cl)c2c(C)c(C)sc2n1. The van der Waals surface area contributed by atoms with Crippen LogP contribution in [0.1, 0.15) is 16.2 Å². The van der Waals surface area contributed by atoms with E-state index in [0.29, 0.717) is 11.0 Å². The van der Waals surface area contributed by atoms with Gasteiger partial charge in [-0.3, -0.25) is 0 Å². The summed E-state index contributed by atoms with van der Waals surface area (Å²) in [5.74, 6) is 1.43. The maximum Gasteiger partial charge on any atom is 0.165 e. The van der Waals surface area contributed by atoms with Gasteiger partial charge in [-0.15, -0.1) is 11.3 Å². The van der Waals surface area contributed by atoms with Gasteiger partial charge in [-0.1, -0.05) is 11.6 Å². The number of thiophene rings is 1. The molecule has 0 N–H and O–H groups in total. The smallest absolute Gasteiger partial charge is 0.165 e. The molecule has 0 unspecified atom stereocenters. The summed E-state index contributed by atoms with van der Waals surface area (Å²) in [7, 11) is 0. The zero-order chi connectivity index (χ0) is 12.9. The molecule has 0 spiro atoms. The van der Waals surface area contributed by atoms with Crippen LogP contribution >= 0.6 is 22.9 Å². The van der Waals surface area contributed by atoms with Crippen molar-refractivity contribution in [1.29, 1.82) is 0 Å². The molecule has 3 rings (SSSR count). The van der Waals surface area contributed by atoms with Crippen molar-refractivity contribution in [2.75, 3.05) is 0 Å². The number of hydrogen-bond donors (Lipinski definition) is 0. The molecule has 92 valence electrons. The molecule has 5 heteroatoms. The van der Waals surface area contributed by atoms with Gasteiger partial charge in [-0.25, -0.2) is 9.97 Å². The molecule has 0 saturated carbocycles. The molecule has 18 heavy (non-hydrogen) atoms. The molecule has 0 fully saturated rings. The molecule has 0 aliphatic heterocycles. The maximum absolute atomic E-state index is 6.27. The Bertz CT molecular complexity index is 745. The summed E-state index contributed by atoms with van der Waals surface area (Å²) in [5.41, 5.74) is 2.05. The van der Waals surface area contributed by atoms with Gasteiger partial charge in [0, 0.05) is 4.88 Å². The summed E-state index contributed by atoms with van der Waals surface area (Å²) < 4.78 is 5.28. The molecule has 0 aliphatic carbocycles. The number of fused-ring (bicyclic) bond motifs is 1. The molecule has 0 radical (unpaired) electrons. The minimum Gasteiger partial charge on any atom is -0.469 e. The Labute approximate surface area is 113 Å². The van der Waals surface area contributed by atoms with Crippen LogP contribution < -0.4 is 0 Å². The highest BCUT2D eigenvalue weighted by atomic mass is 35.5. The topological polar surface area (TPSA) is 38.9 Å². The second-order valence-corrected chi connectivity index (χ2v) is 5.75. The van der Waals surface area contributed by atoms with Crippen molar-refractivity contribution >= 4 is 33.2 Å². The van der Waals surface area contributed by atoms with Crippen molar-refractivity contribution in [3.63, 3.8) is 0 Å². The first-order valence-corrected chi connectivity index (χ1v) is 6.75. The van der Waals surface area contributed by atoms with E-state index in [1.165, 1.54) is 4.88 Å². The molecule has 3 nitrogen and oxygen atoms in total. The summed E-state index contributed by atoms with van der Waals surface area (Å²) >= 11 is 7.92. The van der Waals surface area contributed by atoms with Gasteiger partial charge >= 0.3 is 0 Å². The second-order valence-electron chi connectivity index (χ2n) is 4.19. The zero-order valence-corrected chi connectivity index (χ0v) is 11.8. The van der Waals surface area contributed by atoms with E-state index in [4.69, 9.17) is 16.0 Å². The van der Waals surface area contributed by atoms with Crippen molar-refractivity contribution in [2.24, 2.45) is 0 Å². The highest BCUT2D eigenvalue weighted by Crippen LogP contribution is 2.35. The van der Waals surface area contributed by atoms with Crippen molar-refractivity contribution < 1.29 is 4.42 Å². The normalized spacial score (nSPS) is 11.3. The van der Waals surface area contributed by atoms with Crippen molar-refractivity contribution in [3.05, 3.63) is 33.7 Å². The molecule has 3 aromatic heterocycles. The molecular formula is C13H11ClN2OS. The molecule has 0 atom stereocenters. The van der Waals surface area contributed by atoms with E-state index in [9.17, 15) is 0 Å². The second kappa shape index (κ2) is 4.07. The van der Waals surface area contributed by atoms with Crippen molar-refractivity contribution in [2.45, 2.75) is 20.8 Å². The minimum atomic E-state index is 0.512. The molecule has 0 aliphatic rings. The summed E-state index contributed by atoms with van der Waals surface area (Å²) in [6.07, 6.45) is 1.64. The Balaban J connectivity index is 2.31. The molecule has 0 amide bonds. The number of rotatable bonds is 1. The number of furan rings is 1. The van der Waals surface area contributed by atoms with E-state index >= 15 is 0 Å². The fourth-order valence-electron chi connectivity index (χ4n) is 1.94. The van der Waals surface area contributed by atoms with Crippen LogP contribution in [0.3, 0.4) is 0 Å². The largest absolute Gasteiger partial charge is 0.469 e. The molecule has 3 heterocycles. The average Bonchev–Trinajstić information content (AvgIpc) is 2.84. The van der Waals surface area contributed by atoms with Gasteiger partial charge in [-0.05, 0) is 32.4 Å². The van der Waals surface area contributed by atoms with Crippen LogP contribution in [0.15, 0.2) is 16.7 Å². The fourth-order valence-corrected chi connectivity index (χ4v) is 3.33. The van der Waals surface area contributed by atoms with Gasteiger partial charge in [0.05, 0.1) is 17.2 Å². The highest BCUT2D eigenvalue weighted by molar-refractivity contribution is 7.18. The third-order valence-electron chi connectivity index (χ3n) is 3.08. The van der Waals surface area contributed by atoms with E-state index in [1.54, 1.807) is 17.6 Å². The fraction of sp³-hybridized carbons (Fsp3) is 0.231. The summed E-state index contributed by atoms with van der Waals surface area (Å²) in [6, 6.07) is 1.86. The quantitative estimate of drug-likeness (QED) is 0.614. The van der Waals surface area contributed by atoms with E-state index in [2.05, 4.69) is 16.9 Å². The lowest BCUT2D eigenvalue weighted by Crippen LogP contribution is -1.90. The van der Waals surface area contributed by atoms with E-state index in [0.717, 1.165) is 27.1 Å². The molecule has 0 saturated heterocycles. The van der Waals surface area contributed by atoms with Crippen LogP contribution in [0, 0.1) is 20.8 Å². The lowest BCUT2D eigenvalue weighted by atomic mass is 10.2. The number of nitrogens with zero attached hydrogens (tertiary/aromatic N) is 2. The number of aryl methyl sites for hydroxylation is 3. The monoisotopic (exact) mass is 278 g/mol. The van der Waals surface area contributed by atoms with Crippen molar-refractivity contribution in [3.8, 4) is 11.4 Å². The highest BCUT2D eigenvalue weighted by Gasteiger charge is 2.15.